The number of hydrogen-bond donors (Lipinski definition) is 1. The lowest BCUT2D eigenvalue weighted by Gasteiger charge is -2.44. The summed E-state index contributed by atoms with van der Waals surface area (Å²) in [5.41, 5.74) is -1.28. The molecule has 1 aliphatic heterocycles. The van der Waals surface area contributed by atoms with Crippen LogP contribution in [0.15, 0.2) is 49.0 Å². The fraction of sp³-hybridized carbons (Fsp3) is 0.400. The van der Waals surface area contributed by atoms with Gasteiger partial charge in [-0.2, -0.15) is 26.3 Å². The first-order valence-corrected chi connectivity index (χ1v) is 11.3. The van der Waals surface area contributed by atoms with Crippen LogP contribution < -0.4 is 0 Å². The molecule has 2 atom stereocenters. The average molecular weight is 514 g/mol. The molecule has 1 aliphatic carbocycles. The van der Waals surface area contributed by atoms with E-state index in [1.165, 1.54) is 4.90 Å². The van der Waals surface area contributed by atoms with Crippen LogP contribution in [-0.2, 0) is 23.5 Å². The molecule has 0 unspecified atom stereocenters. The van der Waals surface area contributed by atoms with E-state index in [0.29, 0.717) is 38.1 Å². The Morgan fingerprint density at radius 2 is 1.53 bits per heavy atom. The number of carbonyl (C=O) groups is 1. The van der Waals surface area contributed by atoms with Crippen molar-refractivity contribution in [3.8, 4) is 0 Å². The van der Waals surface area contributed by atoms with E-state index < -0.39 is 41.2 Å². The van der Waals surface area contributed by atoms with E-state index in [-0.39, 0.29) is 31.0 Å². The molecule has 0 saturated carbocycles. The van der Waals surface area contributed by atoms with Gasteiger partial charge in [-0.1, -0.05) is 30.8 Å². The second-order valence-corrected chi connectivity index (χ2v) is 8.86. The van der Waals surface area contributed by atoms with Gasteiger partial charge in [-0.3, -0.25) is 4.90 Å². The summed E-state index contributed by atoms with van der Waals surface area (Å²) in [6.07, 6.45) is -10.5. The maximum absolute atomic E-state index is 13.3. The topological polar surface area (TPSA) is 53.0 Å². The molecule has 194 valence electrons. The zero-order valence-corrected chi connectivity index (χ0v) is 19.1. The van der Waals surface area contributed by atoms with Gasteiger partial charge in [-0.25, -0.2) is 4.79 Å². The standard InChI is InChI=1S/C25H24F6N2O3/c1-15(17-12-18(24(26,27)28)14-19(13-17)25(29,30)31)36-21-7-6-16-4-2-3-5-20(16)22(21)32-8-10-33(11-9-32)23(34)35/h2-5,12-14,21-22H,1,6-11H2,(H,34,35)/t21-,22-/m0/s1. The molecular weight excluding hydrogens is 490 g/mol. The number of ether oxygens (including phenoxy) is 1. The first-order valence-electron chi connectivity index (χ1n) is 11.3. The fourth-order valence-electron chi connectivity index (χ4n) is 4.82. The Hall–Kier alpha value is -3.21. The van der Waals surface area contributed by atoms with Crippen molar-refractivity contribution in [3.05, 3.63) is 76.9 Å². The Morgan fingerprint density at radius 3 is 2.08 bits per heavy atom. The fourth-order valence-corrected chi connectivity index (χ4v) is 4.82. The van der Waals surface area contributed by atoms with Gasteiger partial charge in [0.15, 0.2) is 0 Å². The Bertz CT molecular complexity index is 1110. The van der Waals surface area contributed by atoms with Crippen molar-refractivity contribution < 1.29 is 41.0 Å². The number of rotatable bonds is 4. The number of nitrogens with zero attached hydrogens (tertiary/aromatic N) is 2. The number of amides is 1. The van der Waals surface area contributed by atoms with Crippen molar-refractivity contribution in [3.63, 3.8) is 0 Å². The molecule has 36 heavy (non-hydrogen) atoms. The molecule has 2 aromatic carbocycles. The van der Waals surface area contributed by atoms with Crippen molar-refractivity contribution in [2.24, 2.45) is 0 Å². The molecule has 11 heteroatoms. The maximum atomic E-state index is 13.3. The van der Waals surface area contributed by atoms with Gasteiger partial charge in [0.25, 0.3) is 0 Å². The van der Waals surface area contributed by atoms with Gasteiger partial charge in [0.2, 0.25) is 0 Å². The molecule has 1 N–H and O–H groups in total. The predicted octanol–water partition coefficient (Wildman–Crippen LogP) is 6.06. The molecular formula is C25H24F6N2O3. The van der Waals surface area contributed by atoms with Gasteiger partial charge in [-0.15, -0.1) is 0 Å². The summed E-state index contributed by atoms with van der Waals surface area (Å²) in [5.74, 6) is -0.287. The lowest BCUT2D eigenvalue weighted by Crippen LogP contribution is -2.52. The van der Waals surface area contributed by atoms with Gasteiger partial charge < -0.3 is 14.7 Å². The molecule has 0 aromatic heterocycles. The second kappa shape index (κ2) is 9.68. The van der Waals surface area contributed by atoms with E-state index in [1.54, 1.807) is 0 Å². The first kappa shape index (κ1) is 25.9. The largest absolute Gasteiger partial charge is 0.488 e. The Balaban J connectivity index is 1.63. The molecule has 2 aliphatic rings. The molecule has 4 rings (SSSR count). The van der Waals surface area contributed by atoms with E-state index in [4.69, 9.17) is 4.74 Å². The number of carboxylic acid groups (broad SMARTS) is 1. The van der Waals surface area contributed by atoms with Crippen molar-refractivity contribution in [2.75, 3.05) is 26.2 Å². The quantitative estimate of drug-likeness (QED) is 0.398. The highest BCUT2D eigenvalue weighted by Gasteiger charge is 2.39. The third-order valence-corrected chi connectivity index (χ3v) is 6.61. The third-order valence-electron chi connectivity index (χ3n) is 6.61. The van der Waals surface area contributed by atoms with Gasteiger partial charge in [-0.05, 0) is 42.2 Å². The molecule has 5 nitrogen and oxygen atoms in total. The van der Waals surface area contributed by atoms with Crippen LogP contribution in [0.2, 0.25) is 0 Å². The minimum Gasteiger partial charge on any atom is -0.488 e. The summed E-state index contributed by atoms with van der Waals surface area (Å²) in [4.78, 5) is 14.6. The van der Waals surface area contributed by atoms with E-state index in [2.05, 4.69) is 6.58 Å². The highest BCUT2D eigenvalue weighted by atomic mass is 19.4. The summed E-state index contributed by atoms with van der Waals surface area (Å²) in [6, 6.07) is 8.52. The minimum atomic E-state index is -4.98. The normalized spacial score (nSPS) is 21.1. The van der Waals surface area contributed by atoms with Crippen LogP contribution in [0.25, 0.3) is 5.76 Å². The summed E-state index contributed by atoms with van der Waals surface area (Å²) < 4.78 is 86.0. The van der Waals surface area contributed by atoms with E-state index >= 15 is 0 Å². The molecule has 1 saturated heterocycles. The van der Waals surface area contributed by atoms with Crippen LogP contribution >= 0.6 is 0 Å². The van der Waals surface area contributed by atoms with Crippen LogP contribution in [0.4, 0.5) is 31.1 Å². The molecule has 1 heterocycles. The van der Waals surface area contributed by atoms with Crippen LogP contribution in [-0.4, -0.2) is 53.3 Å². The molecule has 0 spiro atoms. The number of fused-ring (bicyclic) bond motifs is 1. The summed E-state index contributed by atoms with van der Waals surface area (Å²) >= 11 is 0. The van der Waals surface area contributed by atoms with Crippen molar-refractivity contribution >= 4 is 11.9 Å². The number of piperazine rings is 1. The smallest absolute Gasteiger partial charge is 0.416 e. The number of alkyl halides is 6. The van der Waals surface area contributed by atoms with Gasteiger partial charge in [0.05, 0.1) is 17.2 Å². The lowest BCUT2D eigenvalue weighted by molar-refractivity contribution is -0.143. The van der Waals surface area contributed by atoms with Crippen LogP contribution in [0.1, 0.15) is 40.3 Å². The van der Waals surface area contributed by atoms with Crippen molar-refractivity contribution in [1.29, 1.82) is 0 Å². The van der Waals surface area contributed by atoms with Crippen LogP contribution in [0.3, 0.4) is 0 Å². The molecule has 2 aromatic rings. The molecule has 0 radical (unpaired) electrons. The van der Waals surface area contributed by atoms with Gasteiger partial charge >= 0.3 is 18.4 Å². The first-order chi connectivity index (χ1) is 16.8. The Labute approximate surface area is 203 Å². The summed E-state index contributed by atoms with van der Waals surface area (Å²) in [7, 11) is 0. The number of benzene rings is 2. The highest BCUT2D eigenvalue weighted by Crippen LogP contribution is 2.41. The van der Waals surface area contributed by atoms with E-state index in [1.807, 2.05) is 29.2 Å². The predicted molar refractivity (Wildman–Crippen MR) is 119 cm³/mol. The van der Waals surface area contributed by atoms with Crippen LogP contribution in [0.5, 0.6) is 0 Å². The van der Waals surface area contributed by atoms with Gasteiger partial charge in [0, 0.05) is 31.7 Å². The minimum absolute atomic E-state index is 0.0678. The SMILES string of the molecule is C=C(O[C@H]1CCc2ccccc2[C@@H]1N1CCN(C(=O)O)CC1)c1cc(C(F)(F)F)cc(C(F)(F)F)c1. The number of hydrogen-bond acceptors (Lipinski definition) is 3. The number of aryl methyl sites for hydroxylation is 1. The molecule has 1 fully saturated rings. The van der Waals surface area contributed by atoms with E-state index in [0.717, 1.165) is 11.1 Å². The number of halogens is 6. The third kappa shape index (κ3) is 5.45. The van der Waals surface area contributed by atoms with E-state index in [9.17, 15) is 36.2 Å². The van der Waals surface area contributed by atoms with Crippen molar-refractivity contribution in [1.82, 2.24) is 9.80 Å². The van der Waals surface area contributed by atoms with Crippen molar-refractivity contribution in [2.45, 2.75) is 37.3 Å². The zero-order chi connectivity index (χ0) is 26.3. The summed E-state index contributed by atoms with van der Waals surface area (Å²) in [5, 5.41) is 9.26. The summed E-state index contributed by atoms with van der Waals surface area (Å²) in [6.45, 7) is 5.02. The lowest BCUT2D eigenvalue weighted by atomic mass is 9.84. The molecule has 1 amide bonds. The molecule has 0 bridgehead atoms. The Morgan fingerprint density at radius 1 is 0.944 bits per heavy atom. The highest BCUT2D eigenvalue weighted by molar-refractivity contribution is 5.65. The maximum Gasteiger partial charge on any atom is 0.416 e. The van der Waals surface area contributed by atoms with Gasteiger partial charge in [0.1, 0.15) is 11.9 Å². The second-order valence-electron chi connectivity index (χ2n) is 8.86. The average Bonchev–Trinajstić information content (AvgIpc) is 2.82. The zero-order valence-electron chi connectivity index (χ0n) is 19.1. The Kier molecular flexibility index (Phi) is 6.96. The van der Waals surface area contributed by atoms with Crippen LogP contribution in [0, 0.1) is 0 Å². The monoisotopic (exact) mass is 514 g/mol.